The number of nitrogens with zero attached hydrogens (tertiary/aromatic N) is 2. The molecule has 0 bridgehead atoms. The number of hydrogen-bond acceptors (Lipinski definition) is 2. The van der Waals surface area contributed by atoms with Crippen LogP contribution in [0.1, 0.15) is 240 Å². The molecule has 4 saturated carbocycles. The lowest BCUT2D eigenvalue weighted by Gasteiger charge is -2.37. The smallest absolute Gasteiger partial charge is 0.214 e. The molecule has 8 atom stereocenters. The van der Waals surface area contributed by atoms with Gasteiger partial charge in [0.1, 0.15) is 5.75 Å². The summed E-state index contributed by atoms with van der Waals surface area (Å²) in [5.41, 5.74) is 10.7. The Morgan fingerprint density at radius 1 is 0.578 bits per heavy atom. The van der Waals surface area contributed by atoms with E-state index in [1.807, 2.05) is 0 Å². The summed E-state index contributed by atoms with van der Waals surface area (Å²) in [6.07, 6.45) is 19.9. The molecule has 352 valence electrons. The van der Waals surface area contributed by atoms with Gasteiger partial charge in [0, 0.05) is 11.6 Å². The summed E-state index contributed by atoms with van der Waals surface area (Å²) >= 11 is 0. The second-order valence-electron chi connectivity index (χ2n) is 25.1. The molecule has 4 aliphatic carbocycles. The number of H-pyrrole nitrogens is 1. The fraction of sp³-hybridized carbons (Fsp3) is 0.733. The Kier molecular flexibility index (Phi) is 15.3. The minimum Gasteiger partial charge on any atom is -0.453 e. The molecule has 0 saturated heterocycles. The van der Waals surface area contributed by atoms with E-state index in [-0.39, 0.29) is 16.7 Å². The summed E-state index contributed by atoms with van der Waals surface area (Å²) in [5.74, 6) is 7.91. The van der Waals surface area contributed by atoms with E-state index < -0.39 is 0 Å². The van der Waals surface area contributed by atoms with E-state index >= 15 is 0 Å². The Bertz CT molecular complexity index is 2030. The van der Waals surface area contributed by atoms with Crippen molar-refractivity contribution in [3.8, 4) is 5.75 Å². The first-order chi connectivity index (χ1) is 30.3. The van der Waals surface area contributed by atoms with E-state index in [0.717, 1.165) is 41.5 Å². The SMILES string of the molecule is [C-]#[N+]C1=C(C2CCCCC2C(C)C)C(=C(Oc2cc(C(C)(C)C)cc(C(C)(C)C)c2)c2[nH]c(C3CCCCC3C(C)C)cc2C2CCCCC2C(C)C)N=C1C1CCCCC1C(C)C. The highest BCUT2D eigenvalue weighted by Crippen LogP contribution is 2.53. The van der Waals surface area contributed by atoms with Crippen LogP contribution in [0, 0.1) is 65.8 Å². The minimum atomic E-state index is -0.0582. The van der Waals surface area contributed by atoms with Gasteiger partial charge in [0.25, 0.3) is 0 Å². The van der Waals surface area contributed by atoms with E-state index in [9.17, 15) is 6.57 Å². The van der Waals surface area contributed by atoms with Crippen molar-refractivity contribution in [1.29, 1.82) is 0 Å². The summed E-state index contributed by atoms with van der Waals surface area (Å²) in [7, 11) is 0. The highest BCUT2D eigenvalue weighted by atomic mass is 16.5. The third-order valence-corrected chi connectivity index (χ3v) is 17.5. The molecule has 0 amide bonds. The van der Waals surface area contributed by atoms with E-state index in [1.165, 1.54) is 124 Å². The Morgan fingerprint density at radius 3 is 1.48 bits per heavy atom. The van der Waals surface area contributed by atoms with E-state index in [1.54, 1.807) is 0 Å². The van der Waals surface area contributed by atoms with Gasteiger partial charge in [-0.05, 0) is 168 Å². The molecule has 4 fully saturated rings. The van der Waals surface area contributed by atoms with Gasteiger partial charge in [-0.1, -0.05) is 154 Å². The van der Waals surface area contributed by atoms with Crippen molar-refractivity contribution in [2.75, 3.05) is 0 Å². The van der Waals surface area contributed by atoms with Crippen molar-refractivity contribution in [2.45, 2.75) is 222 Å². The van der Waals surface area contributed by atoms with Crippen LogP contribution in [0.2, 0.25) is 0 Å². The van der Waals surface area contributed by atoms with Crippen LogP contribution in [0.5, 0.6) is 5.75 Å². The van der Waals surface area contributed by atoms with E-state index in [0.29, 0.717) is 65.1 Å². The molecule has 5 aliphatic rings. The van der Waals surface area contributed by atoms with E-state index in [2.05, 4.69) is 131 Å². The van der Waals surface area contributed by atoms with Crippen LogP contribution in [0.25, 0.3) is 10.6 Å². The first-order valence-corrected chi connectivity index (χ1v) is 26.8. The van der Waals surface area contributed by atoms with Crippen LogP contribution in [0.3, 0.4) is 0 Å². The molecule has 1 aromatic carbocycles. The highest BCUT2D eigenvalue weighted by Gasteiger charge is 2.44. The first-order valence-electron chi connectivity index (χ1n) is 26.8. The number of nitrogens with one attached hydrogen (secondary N) is 1. The summed E-state index contributed by atoms with van der Waals surface area (Å²) in [6, 6.07) is 9.74. The molecule has 2 aromatic rings. The van der Waals surface area contributed by atoms with Crippen molar-refractivity contribution in [1.82, 2.24) is 4.98 Å². The second kappa shape index (κ2) is 20.0. The molecule has 8 unspecified atom stereocenters. The van der Waals surface area contributed by atoms with Gasteiger partial charge < -0.3 is 9.72 Å². The van der Waals surface area contributed by atoms with Gasteiger partial charge in [-0.2, -0.15) is 0 Å². The quantitative estimate of drug-likeness (QED) is 0.177. The third kappa shape index (κ3) is 10.2. The van der Waals surface area contributed by atoms with E-state index in [4.69, 9.17) is 9.73 Å². The number of aliphatic imine (C=N–C) groups is 1. The fourth-order valence-electron chi connectivity index (χ4n) is 13.7. The molecule has 1 N–H and O–H groups in total. The van der Waals surface area contributed by atoms with Crippen molar-refractivity contribution in [2.24, 2.45) is 64.2 Å². The van der Waals surface area contributed by atoms with Gasteiger partial charge in [-0.25, -0.2) is 4.85 Å². The number of aromatic amines is 1. The maximum absolute atomic E-state index is 9.19. The molecule has 1 aliphatic heterocycles. The summed E-state index contributed by atoms with van der Waals surface area (Å²) < 4.78 is 7.88. The van der Waals surface area contributed by atoms with Crippen molar-refractivity contribution in [3.63, 3.8) is 0 Å². The lowest BCUT2D eigenvalue weighted by atomic mass is 9.68. The third-order valence-electron chi connectivity index (χ3n) is 17.5. The first kappa shape index (κ1) is 48.9. The monoisotopic (exact) mass is 870 g/mol. The summed E-state index contributed by atoms with van der Waals surface area (Å²) in [4.78, 5) is 15.0. The molecule has 1 aromatic heterocycles. The Labute approximate surface area is 392 Å². The minimum absolute atomic E-state index is 0.0582. The van der Waals surface area contributed by atoms with Crippen molar-refractivity contribution >= 4 is 11.5 Å². The number of allylic oxidation sites excluding steroid dienone is 2. The van der Waals surface area contributed by atoms with Crippen LogP contribution in [0.15, 0.2) is 46.2 Å². The molecular formula is C60H91N3O. The number of aromatic nitrogens is 1. The number of rotatable bonds is 11. The van der Waals surface area contributed by atoms with Crippen molar-refractivity contribution < 1.29 is 4.74 Å². The second-order valence-corrected chi connectivity index (χ2v) is 25.1. The van der Waals surface area contributed by atoms with Crippen LogP contribution in [-0.4, -0.2) is 10.7 Å². The number of benzene rings is 1. The normalized spacial score (nSPS) is 29.5. The zero-order chi connectivity index (χ0) is 46.2. The maximum Gasteiger partial charge on any atom is 0.214 e. The molecule has 0 radical (unpaired) electrons. The van der Waals surface area contributed by atoms with Crippen LogP contribution in [-0.2, 0) is 10.8 Å². The molecule has 0 spiro atoms. The topological polar surface area (TPSA) is 41.7 Å². The number of hydrogen-bond donors (Lipinski definition) is 1. The molecule has 64 heavy (non-hydrogen) atoms. The predicted molar refractivity (Wildman–Crippen MR) is 273 cm³/mol. The Hall–Kier alpha value is -3.06. The number of ether oxygens (including phenoxy) is 1. The molecule has 4 nitrogen and oxygen atoms in total. The molecule has 4 heteroatoms. The van der Waals surface area contributed by atoms with Crippen LogP contribution in [0.4, 0.5) is 0 Å². The highest BCUT2D eigenvalue weighted by molar-refractivity contribution is 6.09. The predicted octanol–water partition coefficient (Wildman–Crippen LogP) is 17.8. The molecule has 7 rings (SSSR count). The standard InChI is InChI=1S/C60H91N3O/c1-36(2)43-24-16-20-28-47(43)51-35-52(48-29-21-17-25-44(48)37(3)4)62-55(51)58(64-42-33-40(59(9,10)11)32-41(34-42)60(12,13)14)57-53(49-30-22-18-26-45(49)38(5)6)56(61-15)54(63-57)50-31-23-19-27-46(50)39(7)8/h32-39,43-50,62H,16-31H2,1-14H3. The fourth-order valence-corrected chi connectivity index (χ4v) is 13.7. The van der Waals surface area contributed by atoms with Gasteiger partial charge in [-0.15, -0.1) is 0 Å². The Morgan fingerprint density at radius 2 is 1.00 bits per heavy atom. The molecular weight excluding hydrogens is 779 g/mol. The zero-order valence-electron chi connectivity index (χ0n) is 43.4. The van der Waals surface area contributed by atoms with Gasteiger partial charge in [0.15, 0.2) is 5.76 Å². The largest absolute Gasteiger partial charge is 0.453 e. The maximum atomic E-state index is 9.19. The summed E-state index contributed by atoms with van der Waals surface area (Å²) in [6.45, 7) is 42.7. The average Bonchev–Trinajstić information content (AvgIpc) is 3.87. The van der Waals surface area contributed by atoms with Gasteiger partial charge in [0.2, 0.25) is 5.70 Å². The zero-order valence-corrected chi connectivity index (χ0v) is 43.4. The molecule has 2 heterocycles. The average molecular weight is 870 g/mol. The lowest BCUT2D eigenvalue weighted by Crippen LogP contribution is -2.31. The summed E-state index contributed by atoms with van der Waals surface area (Å²) in [5, 5.41) is 0. The van der Waals surface area contributed by atoms with Gasteiger partial charge in [0.05, 0.1) is 23.7 Å². The van der Waals surface area contributed by atoms with Gasteiger partial charge in [-0.3, -0.25) is 4.99 Å². The van der Waals surface area contributed by atoms with Crippen LogP contribution < -0.4 is 4.74 Å². The Balaban J connectivity index is 1.59. The van der Waals surface area contributed by atoms with Gasteiger partial charge >= 0.3 is 0 Å². The van der Waals surface area contributed by atoms with Crippen molar-refractivity contribution in [3.05, 3.63) is 80.7 Å². The lowest BCUT2D eigenvalue weighted by molar-refractivity contribution is 0.210. The van der Waals surface area contributed by atoms with Crippen LogP contribution >= 0.6 is 0 Å².